The average Bonchev–Trinajstić information content (AvgIpc) is 3.24. The number of rotatable bonds is 7. The van der Waals surface area contributed by atoms with Crippen LogP contribution in [0.15, 0.2) is 54.0 Å². The second kappa shape index (κ2) is 8.93. The minimum Gasteiger partial charge on any atom is -0.497 e. The summed E-state index contributed by atoms with van der Waals surface area (Å²) in [5.74, 6) is 2.04. The van der Waals surface area contributed by atoms with Gasteiger partial charge in [0.05, 0.1) is 27.0 Å². The molecule has 1 aromatic heterocycles. The van der Waals surface area contributed by atoms with Gasteiger partial charge in [0.25, 0.3) is 0 Å². The number of aromatic nitrogens is 1. The second-order valence-corrected chi connectivity index (χ2v) is 6.51. The molecule has 0 radical (unpaired) electrons. The average molecular weight is 393 g/mol. The number of hydrogen-bond acceptors (Lipinski definition) is 7. The summed E-state index contributed by atoms with van der Waals surface area (Å²) >= 11 is 1.42. The lowest BCUT2D eigenvalue weighted by Crippen LogP contribution is -1.94. The molecule has 6 nitrogen and oxygen atoms in total. The van der Waals surface area contributed by atoms with Gasteiger partial charge in [0.1, 0.15) is 22.4 Å². The molecule has 28 heavy (non-hydrogen) atoms. The highest BCUT2D eigenvalue weighted by Gasteiger charge is 2.10. The fraction of sp³-hybridized carbons (Fsp3) is 0.143. The molecule has 1 heterocycles. The largest absolute Gasteiger partial charge is 0.497 e. The fourth-order valence-electron chi connectivity index (χ4n) is 2.52. The quantitative estimate of drug-likeness (QED) is 0.581. The van der Waals surface area contributed by atoms with Crippen LogP contribution in [0, 0.1) is 11.3 Å². The number of thiazole rings is 1. The summed E-state index contributed by atoms with van der Waals surface area (Å²) in [6.45, 7) is 0. The van der Waals surface area contributed by atoms with Gasteiger partial charge in [-0.3, -0.25) is 0 Å². The van der Waals surface area contributed by atoms with E-state index in [1.54, 1.807) is 39.7 Å². The lowest BCUT2D eigenvalue weighted by molar-refractivity contribution is 0.355. The number of nitrogens with one attached hydrogen (secondary N) is 1. The Kier molecular flexibility index (Phi) is 6.14. The van der Waals surface area contributed by atoms with Gasteiger partial charge in [-0.15, -0.1) is 11.3 Å². The van der Waals surface area contributed by atoms with Crippen LogP contribution in [-0.4, -0.2) is 26.3 Å². The van der Waals surface area contributed by atoms with Gasteiger partial charge in [-0.05, 0) is 36.4 Å². The summed E-state index contributed by atoms with van der Waals surface area (Å²) in [4.78, 5) is 4.58. The van der Waals surface area contributed by atoms with Crippen molar-refractivity contribution in [3.05, 3.63) is 59.1 Å². The Balaban J connectivity index is 1.80. The molecular weight excluding hydrogens is 374 g/mol. The van der Waals surface area contributed by atoms with Crippen LogP contribution < -0.4 is 19.5 Å². The van der Waals surface area contributed by atoms with Crippen LogP contribution in [0.4, 0.5) is 5.69 Å². The van der Waals surface area contributed by atoms with E-state index in [9.17, 15) is 5.26 Å². The van der Waals surface area contributed by atoms with Crippen molar-refractivity contribution < 1.29 is 14.2 Å². The lowest BCUT2D eigenvalue weighted by Gasteiger charge is -2.09. The van der Waals surface area contributed by atoms with Crippen molar-refractivity contribution in [3.8, 4) is 34.6 Å². The summed E-state index contributed by atoms with van der Waals surface area (Å²) in [5.41, 5.74) is 3.00. The molecule has 0 amide bonds. The number of nitriles is 1. The van der Waals surface area contributed by atoms with Crippen molar-refractivity contribution in [1.82, 2.24) is 4.98 Å². The van der Waals surface area contributed by atoms with Gasteiger partial charge in [0.15, 0.2) is 11.5 Å². The number of hydrogen-bond donors (Lipinski definition) is 1. The van der Waals surface area contributed by atoms with E-state index in [1.807, 2.05) is 35.7 Å². The predicted octanol–water partition coefficient (Wildman–Crippen LogP) is 4.81. The van der Waals surface area contributed by atoms with Crippen molar-refractivity contribution in [1.29, 1.82) is 5.26 Å². The van der Waals surface area contributed by atoms with E-state index in [0.717, 1.165) is 22.7 Å². The third kappa shape index (κ3) is 4.24. The number of allylic oxidation sites excluding steroid dienone is 1. The van der Waals surface area contributed by atoms with Gasteiger partial charge in [-0.25, -0.2) is 4.98 Å². The van der Waals surface area contributed by atoms with Crippen LogP contribution in [0.2, 0.25) is 0 Å². The van der Waals surface area contributed by atoms with Crippen LogP contribution in [-0.2, 0) is 0 Å². The van der Waals surface area contributed by atoms with Gasteiger partial charge in [-0.1, -0.05) is 0 Å². The molecule has 142 valence electrons. The molecule has 0 fully saturated rings. The maximum Gasteiger partial charge on any atom is 0.162 e. The zero-order valence-corrected chi connectivity index (χ0v) is 16.5. The summed E-state index contributed by atoms with van der Waals surface area (Å²) in [6, 6.07) is 15.3. The fourth-order valence-corrected chi connectivity index (χ4v) is 3.31. The Bertz CT molecular complexity index is 1020. The molecule has 7 heteroatoms. The van der Waals surface area contributed by atoms with Crippen LogP contribution >= 0.6 is 11.3 Å². The molecule has 0 aliphatic carbocycles. The predicted molar refractivity (Wildman–Crippen MR) is 111 cm³/mol. The first kappa shape index (κ1) is 19.3. The summed E-state index contributed by atoms with van der Waals surface area (Å²) in [5, 5.41) is 15.2. The highest BCUT2D eigenvalue weighted by molar-refractivity contribution is 7.11. The molecular formula is C21H19N3O3S. The zero-order valence-electron chi connectivity index (χ0n) is 15.7. The van der Waals surface area contributed by atoms with Crippen molar-refractivity contribution in [3.63, 3.8) is 0 Å². The van der Waals surface area contributed by atoms with E-state index in [2.05, 4.69) is 16.4 Å². The number of ether oxygens (including phenoxy) is 3. The highest BCUT2D eigenvalue weighted by atomic mass is 32.1. The van der Waals surface area contributed by atoms with E-state index >= 15 is 0 Å². The first-order valence-corrected chi connectivity index (χ1v) is 9.25. The molecule has 2 aromatic carbocycles. The van der Waals surface area contributed by atoms with E-state index in [-0.39, 0.29) is 0 Å². The molecule has 0 aliphatic rings. The van der Waals surface area contributed by atoms with Gasteiger partial charge < -0.3 is 19.5 Å². The standard InChI is InChI=1S/C21H19N3O3S/c1-25-17-7-4-14(5-8-17)18-13-28-21(24-18)15(11-22)12-23-16-6-9-19(26-2)20(10-16)27-3/h4-10,12-13,23H,1-3H3. The highest BCUT2D eigenvalue weighted by Crippen LogP contribution is 2.31. The van der Waals surface area contributed by atoms with Gasteiger partial charge >= 0.3 is 0 Å². The second-order valence-electron chi connectivity index (χ2n) is 5.65. The van der Waals surface area contributed by atoms with E-state index in [1.165, 1.54) is 11.3 Å². The third-order valence-corrected chi connectivity index (χ3v) is 4.88. The minimum atomic E-state index is 0.444. The molecule has 3 aromatic rings. The number of methoxy groups -OCH3 is 3. The van der Waals surface area contributed by atoms with Crippen molar-refractivity contribution in [2.45, 2.75) is 0 Å². The topological polar surface area (TPSA) is 76.4 Å². The molecule has 0 spiro atoms. The summed E-state index contributed by atoms with van der Waals surface area (Å²) in [7, 11) is 4.79. The summed E-state index contributed by atoms with van der Waals surface area (Å²) < 4.78 is 15.7. The molecule has 1 N–H and O–H groups in total. The SMILES string of the molecule is COc1ccc(-c2csc(C(C#N)=CNc3ccc(OC)c(OC)c3)n2)cc1. The molecule has 0 bridgehead atoms. The van der Waals surface area contributed by atoms with Crippen molar-refractivity contribution in [2.75, 3.05) is 26.6 Å². The maximum absolute atomic E-state index is 9.54. The van der Waals surface area contributed by atoms with Crippen LogP contribution in [0.1, 0.15) is 5.01 Å². The van der Waals surface area contributed by atoms with Crippen molar-refractivity contribution >= 4 is 22.6 Å². The van der Waals surface area contributed by atoms with Gasteiger partial charge in [-0.2, -0.15) is 5.26 Å². The molecule has 3 rings (SSSR count). The van der Waals surface area contributed by atoms with E-state index in [0.29, 0.717) is 22.1 Å². The first-order chi connectivity index (χ1) is 13.7. The number of nitrogens with zero attached hydrogens (tertiary/aromatic N) is 2. The van der Waals surface area contributed by atoms with E-state index in [4.69, 9.17) is 14.2 Å². The lowest BCUT2D eigenvalue weighted by atomic mass is 10.2. The molecule has 0 saturated heterocycles. The number of anilines is 1. The van der Waals surface area contributed by atoms with Gasteiger partial charge in [0, 0.05) is 28.9 Å². The van der Waals surface area contributed by atoms with Crippen LogP contribution in [0.5, 0.6) is 17.2 Å². The monoisotopic (exact) mass is 393 g/mol. The third-order valence-electron chi connectivity index (χ3n) is 4.01. The molecule has 0 saturated carbocycles. The van der Waals surface area contributed by atoms with Crippen LogP contribution in [0.25, 0.3) is 16.8 Å². The normalized spacial score (nSPS) is 10.9. The molecule has 0 aliphatic heterocycles. The number of benzene rings is 2. The van der Waals surface area contributed by atoms with E-state index < -0.39 is 0 Å². The Labute approximate surface area is 167 Å². The first-order valence-electron chi connectivity index (χ1n) is 8.37. The maximum atomic E-state index is 9.54. The Morgan fingerprint density at radius 2 is 1.79 bits per heavy atom. The molecule has 0 atom stereocenters. The Morgan fingerprint density at radius 1 is 1.04 bits per heavy atom. The van der Waals surface area contributed by atoms with Crippen LogP contribution in [0.3, 0.4) is 0 Å². The summed E-state index contributed by atoms with van der Waals surface area (Å²) in [6.07, 6.45) is 1.64. The Hall–Kier alpha value is -3.50. The minimum absolute atomic E-state index is 0.444. The Morgan fingerprint density at radius 3 is 2.43 bits per heavy atom. The van der Waals surface area contributed by atoms with Crippen molar-refractivity contribution in [2.24, 2.45) is 0 Å². The zero-order chi connectivity index (χ0) is 19.9. The smallest absolute Gasteiger partial charge is 0.162 e. The van der Waals surface area contributed by atoms with Gasteiger partial charge in [0.2, 0.25) is 0 Å². The molecule has 0 unspecified atom stereocenters.